The fourth-order valence-corrected chi connectivity index (χ4v) is 0.857. The number of nitrogens with zero attached hydrogens (tertiary/aromatic N) is 2. The number of aliphatic hydroxyl groups excluding tert-OH is 1. The summed E-state index contributed by atoms with van der Waals surface area (Å²) < 4.78 is 1.53. The maximum Gasteiger partial charge on any atom is 0.322 e. The lowest BCUT2D eigenvalue weighted by Crippen LogP contribution is -2.11. The van der Waals surface area contributed by atoms with E-state index in [1.165, 1.54) is 10.9 Å². The van der Waals surface area contributed by atoms with Crippen LogP contribution in [0.15, 0.2) is 12.4 Å². The number of aliphatic carboxylic acids is 1. The Morgan fingerprint density at radius 2 is 2.46 bits per heavy atom. The van der Waals surface area contributed by atoms with Crippen molar-refractivity contribution in [2.45, 2.75) is 6.54 Å². The second-order valence-corrected chi connectivity index (χ2v) is 2.46. The number of carboxylic acids is 1. The third-order valence-corrected chi connectivity index (χ3v) is 1.41. The van der Waals surface area contributed by atoms with E-state index in [9.17, 15) is 4.79 Å². The van der Waals surface area contributed by atoms with E-state index in [-0.39, 0.29) is 13.2 Å². The Morgan fingerprint density at radius 3 is 3.08 bits per heavy atom. The first-order valence-electron chi connectivity index (χ1n) is 3.81. The minimum absolute atomic E-state index is 0.0139. The van der Waals surface area contributed by atoms with Gasteiger partial charge < -0.3 is 15.5 Å². The van der Waals surface area contributed by atoms with Crippen molar-refractivity contribution in [3.8, 4) is 0 Å². The van der Waals surface area contributed by atoms with Gasteiger partial charge in [0.1, 0.15) is 6.54 Å². The maximum absolute atomic E-state index is 10.2. The van der Waals surface area contributed by atoms with Gasteiger partial charge in [-0.05, 0) is 0 Å². The monoisotopic (exact) mass is 185 g/mol. The molecule has 1 aromatic rings. The van der Waals surface area contributed by atoms with Crippen LogP contribution in [-0.4, -0.2) is 39.1 Å². The standard InChI is InChI=1S/C7H11N3O3/c11-2-1-10-5-6(3-9-10)8-4-7(12)13/h3,5,8,11H,1-2,4H2,(H,12,13). The molecule has 0 radical (unpaired) electrons. The third-order valence-electron chi connectivity index (χ3n) is 1.41. The number of hydrogen-bond donors (Lipinski definition) is 3. The molecular weight excluding hydrogens is 174 g/mol. The van der Waals surface area contributed by atoms with Crippen LogP contribution < -0.4 is 5.32 Å². The highest BCUT2D eigenvalue weighted by atomic mass is 16.4. The second-order valence-electron chi connectivity index (χ2n) is 2.46. The maximum atomic E-state index is 10.2. The Bertz CT molecular complexity index is 284. The van der Waals surface area contributed by atoms with Crippen LogP contribution in [0.25, 0.3) is 0 Å². The van der Waals surface area contributed by atoms with Crippen LogP contribution in [0.1, 0.15) is 0 Å². The van der Waals surface area contributed by atoms with Crippen molar-refractivity contribution in [1.29, 1.82) is 0 Å². The molecule has 0 aliphatic heterocycles. The number of aliphatic hydroxyl groups is 1. The van der Waals surface area contributed by atoms with E-state index >= 15 is 0 Å². The normalized spacial score (nSPS) is 9.92. The molecule has 6 nitrogen and oxygen atoms in total. The molecule has 6 heteroatoms. The lowest BCUT2D eigenvalue weighted by molar-refractivity contribution is -0.134. The summed E-state index contributed by atoms with van der Waals surface area (Å²) in [6.45, 7) is 0.291. The van der Waals surface area contributed by atoms with E-state index in [1.807, 2.05) is 0 Å². The topological polar surface area (TPSA) is 87.4 Å². The van der Waals surface area contributed by atoms with Crippen LogP contribution in [-0.2, 0) is 11.3 Å². The van der Waals surface area contributed by atoms with Crippen molar-refractivity contribution in [3.05, 3.63) is 12.4 Å². The number of aromatic nitrogens is 2. The summed E-state index contributed by atoms with van der Waals surface area (Å²) in [6.07, 6.45) is 3.15. The highest BCUT2D eigenvalue weighted by molar-refractivity contribution is 5.72. The molecule has 1 heterocycles. The Balaban J connectivity index is 2.44. The van der Waals surface area contributed by atoms with Gasteiger partial charge in [-0.1, -0.05) is 0 Å². The lowest BCUT2D eigenvalue weighted by atomic mass is 10.5. The van der Waals surface area contributed by atoms with Crippen LogP contribution in [0.2, 0.25) is 0 Å². The average molecular weight is 185 g/mol. The Kier molecular flexibility index (Phi) is 3.27. The number of nitrogens with one attached hydrogen (secondary N) is 1. The molecule has 0 amide bonds. The van der Waals surface area contributed by atoms with Gasteiger partial charge in [0, 0.05) is 6.20 Å². The van der Waals surface area contributed by atoms with E-state index in [4.69, 9.17) is 10.2 Å². The summed E-state index contributed by atoms with van der Waals surface area (Å²) in [5, 5.41) is 23.5. The van der Waals surface area contributed by atoms with Gasteiger partial charge in [0.05, 0.1) is 25.0 Å². The SMILES string of the molecule is O=C(O)CNc1cnn(CCO)c1. The Morgan fingerprint density at radius 1 is 1.69 bits per heavy atom. The molecule has 0 aliphatic rings. The quantitative estimate of drug-likeness (QED) is 0.568. The molecule has 1 aromatic heterocycles. The van der Waals surface area contributed by atoms with E-state index in [2.05, 4.69) is 10.4 Å². The smallest absolute Gasteiger partial charge is 0.322 e. The van der Waals surface area contributed by atoms with E-state index < -0.39 is 5.97 Å². The molecule has 1 rings (SSSR count). The molecule has 0 aromatic carbocycles. The van der Waals surface area contributed by atoms with E-state index in [1.54, 1.807) is 6.20 Å². The van der Waals surface area contributed by atoms with Gasteiger partial charge in [0.15, 0.2) is 0 Å². The van der Waals surface area contributed by atoms with E-state index in [0.29, 0.717) is 12.2 Å². The highest BCUT2D eigenvalue weighted by Gasteiger charge is 1.99. The number of carbonyl (C=O) groups is 1. The van der Waals surface area contributed by atoms with Crippen molar-refractivity contribution >= 4 is 11.7 Å². The Labute approximate surface area is 74.8 Å². The molecule has 0 bridgehead atoms. The van der Waals surface area contributed by atoms with Gasteiger partial charge in [-0.2, -0.15) is 5.10 Å². The number of rotatable bonds is 5. The van der Waals surface area contributed by atoms with Gasteiger partial charge in [-0.3, -0.25) is 9.48 Å². The molecule has 0 atom stereocenters. The van der Waals surface area contributed by atoms with Crippen molar-refractivity contribution in [3.63, 3.8) is 0 Å². The van der Waals surface area contributed by atoms with Crippen molar-refractivity contribution in [2.24, 2.45) is 0 Å². The predicted octanol–water partition coefficient (Wildman–Crippen LogP) is -0.628. The zero-order valence-corrected chi connectivity index (χ0v) is 6.97. The summed E-state index contributed by atoms with van der Waals surface area (Å²) >= 11 is 0. The molecule has 0 fully saturated rings. The van der Waals surface area contributed by atoms with Crippen molar-refractivity contribution in [2.75, 3.05) is 18.5 Å². The minimum atomic E-state index is -0.921. The first kappa shape index (κ1) is 9.53. The summed E-state index contributed by atoms with van der Waals surface area (Å²) in [5.41, 5.74) is 0.635. The predicted molar refractivity (Wildman–Crippen MR) is 45.4 cm³/mol. The Hall–Kier alpha value is -1.56. The van der Waals surface area contributed by atoms with Crippen LogP contribution in [0.4, 0.5) is 5.69 Å². The zero-order valence-electron chi connectivity index (χ0n) is 6.97. The number of hydrogen-bond acceptors (Lipinski definition) is 4. The molecule has 13 heavy (non-hydrogen) atoms. The van der Waals surface area contributed by atoms with Crippen LogP contribution >= 0.6 is 0 Å². The second kappa shape index (κ2) is 4.46. The van der Waals surface area contributed by atoms with Gasteiger partial charge in [-0.25, -0.2) is 0 Å². The summed E-state index contributed by atoms with van der Waals surface area (Å²) in [7, 11) is 0. The largest absolute Gasteiger partial charge is 0.480 e. The van der Waals surface area contributed by atoms with Gasteiger partial charge in [0.25, 0.3) is 0 Å². The third kappa shape index (κ3) is 3.12. The van der Waals surface area contributed by atoms with Crippen LogP contribution in [0, 0.1) is 0 Å². The van der Waals surface area contributed by atoms with Crippen molar-refractivity contribution in [1.82, 2.24) is 9.78 Å². The molecule has 0 saturated carbocycles. The van der Waals surface area contributed by atoms with Crippen molar-refractivity contribution < 1.29 is 15.0 Å². The van der Waals surface area contributed by atoms with Gasteiger partial charge in [0.2, 0.25) is 0 Å². The molecule has 3 N–H and O–H groups in total. The summed E-state index contributed by atoms with van der Waals surface area (Å²) in [5.74, 6) is -0.921. The molecule has 0 unspecified atom stereocenters. The highest BCUT2D eigenvalue weighted by Crippen LogP contribution is 2.03. The average Bonchev–Trinajstić information content (AvgIpc) is 2.50. The van der Waals surface area contributed by atoms with Crippen LogP contribution in [0.5, 0.6) is 0 Å². The molecule has 72 valence electrons. The molecule has 0 aliphatic carbocycles. The minimum Gasteiger partial charge on any atom is -0.480 e. The lowest BCUT2D eigenvalue weighted by Gasteiger charge is -1.97. The molecular formula is C7H11N3O3. The number of carboxylic acid groups (broad SMARTS) is 1. The molecule has 0 spiro atoms. The number of anilines is 1. The molecule has 0 saturated heterocycles. The fraction of sp³-hybridized carbons (Fsp3) is 0.429. The zero-order chi connectivity index (χ0) is 9.68. The van der Waals surface area contributed by atoms with Gasteiger partial charge in [-0.15, -0.1) is 0 Å². The summed E-state index contributed by atoms with van der Waals surface area (Å²) in [6, 6.07) is 0. The van der Waals surface area contributed by atoms with E-state index in [0.717, 1.165) is 0 Å². The van der Waals surface area contributed by atoms with Gasteiger partial charge >= 0.3 is 5.97 Å². The summed E-state index contributed by atoms with van der Waals surface area (Å²) in [4.78, 5) is 10.2. The first-order chi connectivity index (χ1) is 6.22. The van der Waals surface area contributed by atoms with Crippen LogP contribution in [0.3, 0.4) is 0 Å². The first-order valence-corrected chi connectivity index (χ1v) is 3.81. The fourth-order valence-electron chi connectivity index (χ4n) is 0.857.